The fraction of sp³-hybridized carbons (Fsp3) is 0.280. The maximum Gasteiger partial charge on any atom is 0.306 e. The van der Waals surface area contributed by atoms with E-state index in [0.29, 0.717) is 11.6 Å². The van der Waals surface area contributed by atoms with Crippen molar-refractivity contribution in [1.29, 1.82) is 0 Å². The Balaban J connectivity index is 1.36. The SMILES string of the molecule is COC(=O)CCC(=O)Nc1ccc(-c2ccnc(Nc3ccc(N4CCOCC4)cc3)n2)cc1. The largest absolute Gasteiger partial charge is 0.469 e. The molecule has 0 radical (unpaired) electrons. The standard InChI is InChI=1S/C25H27N5O4/c1-33-24(32)11-10-23(31)27-19-4-2-18(3-5-19)22-12-13-26-25(29-22)28-20-6-8-21(9-7-20)30-14-16-34-17-15-30/h2-9,12-13H,10-11,14-17H2,1H3,(H,27,31)(H,26,28,29). The summed E-state index contributed by atoms with van der Waals surface area (Å²) in [5, 5.41) is 6.02. The van der Waals surface area contributed by atoms with Gasteiger partial charge in [0.2, 0.25) is 11.9 Å². The van der Waals surface area contributed by atoms with Gasteiger partial charge in [-0.05, 0) is 42.5 Å². The van der Waals surface area contributed by atoms with Crippen molar-refractivity contribution in [3.63, 3.8) is 0 Å². The minimum Gasteiger partial charge on any atom is -0.469 e. The van der Waals surface area contributed by atoms with Crippen LogP contribution < -0.4 is 15.5 Å². The second-order valence-corrected chi connectivity index (χ2v) is 7.74. The molecule has 2 N–H and O–H groups in total. The lowest BCUT2D eigenvalue weighted by Crippen LogP contribution is -2.36. The smallest absolute Gasteiger partial charge is 0.306 e. The molecule has 0 atom stereocenters. The van der Waals surface area contributed by atoms with Crippen molar-refractivity contribution in [1.82, 2.24) is 9.97 Å². The number of methoxy groups -OCH3 is 1. The highest BCUT2D eigenvalue weighted by Gasteiger charge is 2.11. The second kappa shape index (κ2) is 11.2. The van der Waals surface area contributed by atoms with Crippen molar-refractivity contribution < 1.29 is 19.1 Å². The van der Waals surface area contributed by atoms with Gasteiger partial charge in [0.15, 0.2) is 0 Å². The van der Waals surface area contributed by atoms with Crippen LogP contribution in [0.3, 0.4) is 0 Å². The van der Waals surface area contributed by atoms with Crippen molar-refractivity contribution in [2.24, 2.45) is 0 Å². The summed E-state index contributed by atoms with van der Waals surface area (Å²) >= 11 is 0. The number of hydrogen-bond acceptors (Lipinski definition) is 8. The highest BCUT2D eigenvalue weighted by atomic mass is 16.5. The van der Waals surface area contributed by atoms with Gasteiger partial charge in [0.25, 0.3) is 0 Å². The number of carbonyl (C=O) groups excluding carboxylic acids is 2. The van der Waals surface area contributed by atoms with Gasteiger partial charge in [-0.1, -0.05) is 12.1 Å². The van der Waals surface area contributed by atoms with E-state index in [1.807, 2.05) is 30.3 Å². The minimum atomic E-state index is -0.410. The van der Waals surface area contributed by atoms with Crippen molar-refractivity contribution in [2.45, 2.75) is 12.8 Å². The average molecular weight is 462 g/mol. The maximum absolute atomic E-state index is 12.0. The highest BCUT2D eigenvalue weighted by molar-refractivity contribution is 5.92. The summed E-state index contributed by atoms with van der Waals surface area (Å²) in [5.74, 6) is -0.158. The Labute approximate surface area is 198 Å². The summed E-state index contributed by atoms with van der Waals surface area (Å²) < 4.78 is 9.96. The predicted octanol–water partition coefficient (Wildman–Crippen LogP) is 3.62. The molecule has 1 aliphatic heterocycles. The van der Waals surface area contributed by atoms with E-state index in [4.69, 9.17) is 4.74 Å². The van der Waals surface area contributed by atoms with Crippen LogP contribution in [-0.4, -0.2) is 55.3 Å². The lowest BCUT2D eigenvalue weighted by atomic mass is 10.1. The Morgan fingerprint density at radius 2 is 1.68 bits per heavy atom. The predicted molar refractivity (Wildman–Crippen MR) is 130 cm³/mol. The molecular formula is C25H27N5O4. The van der Waals surface area contributed by atoms with E-state index in [2.05, 4.69) is 42.4 Å². The Morgan fingerprint density at radius 1 is 0.971 bits per heavy atom. The monoisotopic (exact) mass is 461 g/mol. The van der Waals surface area contributed by atoms with Crippen LogP contribution in [0.4, 0.5) is 23.0 Å². The molecule has 2 heterocycles. The molecule has 9 nitrogen and oxygen atoms in total. The summed E-state index contributed by atoms with van der Waals surface area (Å²) in [6, 6.07) is 17.4. The number of anilines is 4. The number of esters is 1. The van der Waals surface area contributed by atoms with Gasteiger partial charge in [0.1, 0.15) is 0 Å². The van der Waals surface area contributed by atoms with Crippen LogP contribution in [0.2, 0.25) is 0 Å². The molecule has 1 aromatic heterocycles. The van der Waals surface area contributed by atoms with Crippen molar-refractivity contribution in [3.05, 3.63) is 60.8 Å². The molecule has 0 bridgehead atoms. The van der Waals surface area contributed by atoms with E-state index in [9.17, 15) is 9.59 Å². The lowest BCUT2D eigenvalue weighted by Gasteiger charge is -2.28. The van der Waals surface area contributed by atoms with Crippen molar-refractivity contribution in [3.8, 4) is 11.3 Å². The molecule has 34 heavy (non-hydrogen) atoms. The molecule has 9 heteroatoms. The van der Waals surface area contributed by atoms with Crippen LogP contribution in [0, 0.1) is 0 Å². The number of hydrogen-bond donors (Lipinski definition) is 2. The van der Waals surface area contributed by atoms with Gasteiger partial charge < -0.3 is 25.0 Å². The first-order valence-corrected chi connectivity index (χ1v) is 11.1. The molecule has 0 spiro atoms. The Kier molecular flexibility index (Phi) is 7.67. The minimum absolute atomic E-state index is 0.0487. The molecule has 1 aliphatic rings. The van der Waals surface area contributed by atoms with Gasteiger partial charge >= 0.3 is 5.97 Å². The summed E-state index contributed by atoms with van der Waals surface area (Å²) in [5.41, 5.74) is 4.36. The number of nitrogens with one attached hydrogen (secondary N) is 2. The normalized spacial score (nSPS) is 13.3. The number of carbonyl (C=O) groups is 2. The van der Waals surface area contributed by atoms with E-state index >= 15 is 0 Å². The topological polar surface area (TPSA) is 106 Å². The van der Waals surface area contributed by atoms with Crippen LogP contribution in [0.5, 0.6) is 0 Å². The van der Waals surface area contributed by atoms with Crippen LogP contribution in [0.25, 0.3) is 11.3 Å². The van der Waals surface area contributed by atoms with Gasteiger partial charge in [-0.25, -0.2) is 9.97 Å². The van der Waals surface area contributed by atoms with Crippen LogP contribution >= 0.6 is 0 Å². The van der Waals surface area contributed by atoms with Crippen molar-refractivity contribution >= 4 is 34.9 Å². The first kappa shape index (κ1) is 23.2. The quantitative estimate of drug-likeness (QED) is 0.490. The zero-order chi connectivity index (χ0) is 23.8. The summed E-state index contributed by atoms with van der Waals surface area (Å²) in [7, 11) is 1.30. The number of ether oxygens (including phenoxy) is 2. The highest BCUT2D eigenvalue weighted by Crippen LogP contribution is 2.23. The number of morpholine rings is 1. The Bertz CT molecular complexity index is 1110. The number of benzene rings is 2. The molecular weight excluding hydrogens is 434 g/mol. The zero-order valence-corrected chi connectivity index (χ0v) is 19.0. The van der Waals surface area contributed by atoms with Crippen LogP contribution in [0.1, 0.15) is 12.8 Å². The Morgan fingerprint density at radius 3 is 2.38 bits per heavy atom. The van der Waals surface area contributed by atoms with Gasteiger partial charge in [0, 0.05) is 48.3 Å². The first-order valence-electron chi connectivity index (χ1n) is 11.1. The van der Waals surface area contributed by atoms with Gasteiger partial charge in [-0.3, -0.25) is 9.59 Å². The fourth-order valence-corrected chi connectivity index (χ4v) is 3.55. The zero-order valence-electron chi connectivity index (χ0n) is 19.0. The fourth-order valence-electron chi connectivity index (χ4n) is 3.55. The van der Waals surface area contributed by atoms with Crippen LogP contribution in [-0.2, 0) is 19.1 Å². The molecule has 1 fully saturated rings. The van der Waals surface area contributed by atoms with Crippen LogP contribution in [0.15, 0.2) is 60.8 Å². The molecule has 0 aliphatic carbocycles. The molecule has 2 aromatic carbocycles. The van der Waals surface area contributed by atoms with Crippen molar-refractivity contribution in [2.75, 3.05) is 48.9 Å². The summed E-state index contributed by atoms with van der Waals surface area (Å²) in [4.78, 5) is 34.4. The van der Waals surface area contributed by atoms with E-state index in [-0.39, 0.29) is 18.7 Å². The maximum atomic E-state index is 12.0. The third-order valence-electron chi connectivity index (χ3n) is 5.40. The van der Waals surface area contributed by atoms with Gasteiger partial charge in [0.05, 0.1) is 32.4 Å². The van der Waals surface area contributed by atoms with E-state index in [0.717, 1.165) is 43.2 Å². The average Bonchev–Trinajstić information content (AvgIpc) is 2.89. The summed E-state index contributed by atoms with van der Waals surface area (Å²) in [6.07, 6.45) is 1.82. The molecule has 0 saturated carbocycles. The molecule has 4 rings (SSSR count). The third-order valence-corrected chi connectivity index (χ3v) is 5.40. The first-order chi connectivity index (χ1) is 16.6. The molecule has 1 saturated heterocycles. The van der Waals surface area contributed by atoms with Gasteiger partial charge in [-0.15, -0.1) is 0 Å². The van der Waals surface area contributed by atoms with E-state index < -0.39 is 5.97 Å². The number of rotatable bonds is 8. The molecule has 1 amide bonds. The molecule has 0 unspecified atom stereocenters. The van der Waals surface area contributed by atoms with E-state index in [1.165, 1.54) is 12.8 Å². The number of aromatic nitrogens is 2. The van der Waals surface area contributed by atoms with E-state index in [1.54, 1.807) is 18.3 Å². The lowest BCUT2D eigenvalue weighted by molar-refractivity contribution is -0.141. The number of nitrogens with zero attached hydrogens (tertiary/aromatic N) is 3. The Hall–Kier alpha value is -3.98. The number of amides is 1. The van der Waals surface area contributed by atoms with Gasteiger partial charge in [-0.2, -0.15) is 0 Å². The second-order valence-electron chi connectivity index (χ2n) is 7.74. The summed E-state index contributed by atoms with van der Waals surface area (Å²) in [6.45, 7) is 3.30. The molecule has 176 valence electrons. The third kappa shape index (κ3) is 6.29. The molecule has 3 aromatic rings.